The van der Waals surface area contributed by atoms with Gasteiger partial charge in [0, 0.05) is 10.7 Å². The molecule has 0 aliphatic heterocycles. The highest BCUT2D eigenvalue weighted by Crippen LogP contribution is 2.33. The van der Waals surface area contributed by atoms with Crippen LogP contribution in [0.1, 0.15) is 0 Å². The Labute approximate surface area is 178 Å². The number of pyridine rings is 1. The third kappa shape index (κ3) is 5.34. The number of para-hydroxylation sites is 2. The second-order valence-corrected chi connectivity index (χ2v) is 7.21. The molecule has 1 amide bonds. The molecular weight excluding hydrogens is 474 g/mol. The lowest BCUT2D eigenvalue weighted by Crippen LogP contribution is -2.20. The zero-order chi connectivity index (χ0) is 20.1. The van der Waals surface area contributed by atoms with E-state index < -0.39 is 11.7 Å². The van der Waals surface area contributed by atoms with E-state index in [1.807, 2.05) is 0 Å². The van der Waals surface area contributed by atoms with Gasteiger partial charge in [-0.1, -0.05) is 51.3 Å². The molecule has 1 aromatic heterocycles. The number of halogens is 4. The van der Waals surface area contributed by atoms with Gasteiger partial charge in [-0.15, -0.1) is 0 Å². The average Bonchev–Trinajstić information content (AvgIpc) is 2.65. The van der Waals surface area contributed by atoms with E-state index in [-0.39, 0.29) is 23.3 Å². The quantitative estimate of drug-likeness (QED) is 0.458. The van der Waals surface area contributed by atoms with Crippen LogP contribution in [-0.2, 0) is 4.79 Å². The van der Waals surface area contributed by atoms with E-state index in [1.54, 1.807) is 30.3 Å². The Hall–Kier alpha value is -2.35. The zero-order valence-electron chi connectivity index (χ0n) is 14.1. The molecule has 0 saturated carbocycles. The van der Waals surface area contributed by atoms with E-state index in [2.05, 4.69) is 26.2 Å². The first-order chi connectivity index (χ1) is 13.4. The third-order valence-electron chi connectivity index (χ3n) is 3.39. The van der Waals surface area contributed by atoms with Crippen molar-refractivity contribution in [3.8, 4) is 17.4 Å². The Kier molecular flexibility index (Phi) is 6.72. The minimum absolute atomic E-state index is 0.0277. The normalized spacial score (nSPS) is 10.4. The molecule has 0 atom stereocenters. The lowest BCUT2D eigenvalue weighted by molar-refractivity contribution is -0.118. The fraction of sp³-hybridized carbons (Fsp3) is 0.0526. The summed E-state index contributed by atoms with van der Waals surface area (Å²) < 4.78 is 25.2. The summed E-state index contributed by atoms with van der Waals surface area (Å²) in [7, 11) is 0. The van der Waals surface area contributed by atoms with E-state index in [1.165, 1.54) is 24.4 Å². The second kappa shape index (κ2) is 9.23. The van der Waals surface area contributed by atoms with Gasteiger partial charge in [0.1, 0.15) is 5.02 Å². The van der Waals surface area contributed by atoms with Crippen molar-refractivity contribution in [3.05, 3.63) is 75.1 Å². The van der Waals surface area contributed by atoms with Gasteiger partial charge in [0.15, 0.2) is 23.9 Å². The second-order valence-electron chi connectivity index (χ2n) is 5.45. The number of nitrogens with zero attached hydrogens (tertiary/aromatic N) is 1. The van der Waals surface area contributed by atoms with Gasteiger partial charge in [-0.2, -0.15) is 0 Å². The molecule has 28 heavy (non-hydrogen) atoms. The van der Waals surface area contributed by atoms with E-state index in [9.17, 15) is 9.18 Å². The largest absolute Gasteiger partial charge is 0.481 e. The Morgan fingerprint density at radius 2 is 1.93 bits per heavy atom. The van der Waals surface area contributed by atoms with E-state index >= 15 is 0 Å². The summed E-state index contributed by atoms with van der Waals surface area (Å²) in [5, 5.41) is 3.24. The molecule has 3 rings (SSSR count). The summed E-state index contributed by atoms with van der Waals surface area (Å²) in [6.45, 7) is -0.382. The highest BCUT2D eigenvalue weighted by atomic mass is 79.9. The summed E-state index contributed by atoms with van der Waals surface area (Å²) in [6.07, 6.45) is 1.39. The molecule has 1 heterocycles. The van der Waals surface area contributed by atoms with Crippen molar-refractivity contribution in [3.63, 3.8) is 0 Å². The molecule has 3 aromatic rings. The van der Waals surface area contributed by atoms with Crippen LogP contribution in [-0.4, -0.2) is 17.5 Å². The number of nitrogens with one attached hydrogen (secondary N) is 1. The van der Waals surface area contributed by atoms with Crippen LogP contribution >= 0.6 is 39.1 Å². The zero-order valence-corrected chi connectivity index (χ0v) is 17.2. The van der Waals surface area contributed by atoms with Crippen molar-refractivity contribution in [1.29, 1.82) is 0 Å². The average molecular weight is 486 g/mol. The molecule has 2 aromatic carbocycles. The van der Waals surface area contributed by atoms with Crippen LogP contribution in [0.25, 0.3) is 0 Å². The van der Waals surface area contributed by atoms with Crippen LogP contribution in [0.5, 0.6) is 17.4 Å². The van der Waals surface area contributed by atoms with Gasteiger partial charge in [-0.3, -0.25) is 4.79 Å². The van der Waals surface area contributed by atoms with Gasteiger partial charge < -0.3 is 14.8 Å². The van der Waals surface area contributed by atoms with Crippen LogP contribution in [0.3, 0.4) is 0 Å². The molecule has 0 aliphatic rings. The van der Waals surface area contributed by atoms with Crippen molar-refractivity contribution in [2.24, 2.45) is 0 Å². The molecular formula is C19H12BrCl2FN2O3. The van der Waals surface area contributed by atoms with Crippen LogP contribution in [0, 0.1) is 5.82 Å². The van der Waals surface area contributed by atoms with Gasteiger partial charge in [0.05, 0.1) is 10.7 Å². The van der Waals surface area contributed by atoms with Crippen molar-refractivity contribution in [1.82, 2.24) is 4.98 Å². The number of aromatic nitrogens is 1. The number of benzene rings is 2. The number of anilines is 1. The fourth-order valence-electron chi connectivity index (χ4n) is 2.16. The van der Waals surface area contributed by atoms with E-state index in [0.717, 1.165) is 0 Å². The van der Waals surface area contributed by atoms with Crippen LogP contribution in [0.4, 0.5) is 10.1 Å². The van der Waals surface area contributed by atoms with Crippen molar-refractivity contribution in [2.75, 3.05) is 11.9 Å². The monoisotopic (exact) mass is 484 g/mol. The van der Waals surface area contributed by atoms with E-state index in [4.69, 9.17) is 32.7 Å². The first kappa shape index (κ1) is 20.4. The predicted octanol–water partition coefficient (Wildman–Crippen LogP) is 6.10. The van der Waals surface area contributed by atoms with Gasteiger partial charge in [0.25, 0.3) is 5.91 Å². The highest BCUT2D eigenvalue weighted by Gasteiger charge is 2.13. The molecule has 144 valence electrons. The Balaban J connectivity index is 1.68. The van der Waals surface area contributed by atoms with Gasteiger partial charge in [0.2, 0.25) is 5.88 Å². The summed E-state index contributed by atoms with van der Waals surface area (Å²) in [5.41, 5.74) is 0.375. The third-order valence-corrected chi connectivity index (χ3v) is 4.37. The summed E-state index contributed by atoms with van der Waals surface area (Å²) in [6, 6.07) is 12.5. The van der Waals surface area contributed by atoms with Gasteiger partial charge in [-0.05, 0) is 36.4 Å². The number of hydrogen-bond donors (Lipinski definition) is 1. The first-order valence-electron chi connectivity index (χ1n) is 7.88. The number of ether oxygens (including phenoxy) is 2. The van der Waals surface area contributed by atoms with Crippen molar-refractivity contribution in [2.45, 2.75) is 0 Å². The molecule has 0 bridgehead atoms. The minimum atomic E-state index is -0.575. The molecule has 0 radical (unpaired) electrons. The number of amides is 1. The summed E-state index contributed by atoms with van der Waals surface area (Å²) >= 11 is 15.0. The SMILES string of the molecule is O=C(COc1ccc(Br)cc1F)Nc1ccccc1Oc1ncc(Cl)cc1Cl. The summed E-state index contributed by atoms with van der Waals surface area (Å²) in [4.78, 5) is 16.2. The highest BCUT2D eigenvalue weighted by molar-refractivity contribution is 9.10. The predicted molar refractivity (Wildman–Crippen MR) is 109 cm³/mol. The van der Waals surface area contributed by atoms with Crippen LogP contribution in [0.15, 0.2) is 59.2 Å². The molecule has 0 saturated heterocycles. The lowest BCUT2D eigenvalue weighted by Gasteiger charge is -2.13. The van der Waals surface area contributed by atoms with Gasteiger partial charge in [-0.25, -0.2) is 9.37 Å². The standard InChI is InChI=1S/C19H12BrCl2FN2O3/c20-11-5-6-16(14(23)7-11)27-10-18(26)25-15-3-1-2-4-17(15)28-19-13(22)8-12(21)9-24-19/h1-9H,10H2,(H,25,26). The number of hydrogen-bond acceptors (Lipinski definition) is 4. The molecule has 0 aliphatic carbocycles. The smallest absolute Gasteiger partial charge is 0.262 e. The van der Waals surface area contributed by atoms with Gasteiger partial charge >= 0.3 is 0 Å². The molecule has 0 fully saturated rings. The van der Waals surface area contributed by atoms with E-state index in [0.29, 0.717) is 20.9 Å². The number of carbonyl (C=O) groups excluding carboxylic acids is 1. The van der Waals surface area contributed by atoms with Crippen LogP contribution < -0.4 is 14.8 Å². The fourth-order valence-corrected chi connectivity index (χ4v) is 2.91. The molecule has 1 N–H and O–H groups in total. The molecule has 5 nitrogen and oxygen atoms in total. The molecule has 9 heteroatoms. The van der Waals surface area contributed by atoms with Crippen LogP contribution in [0.2, 0.25) is 10.0 Å². The van der Waals surface area contributed by atoms with Crippen molar-refractivity contribution < 1.29 is 18.7 Å². The lowest BCUT2D eigenvalue weighted by atomic mass is 10.3. The number of rotatable bonds is 6. The van der Waals surface area contributed by atoms with Crippen molar-refractivity contribution >= 4 is 50.7 Å². The Morgan fingerprint density at radius 1 is 1.14 bits per heavy atom. The maximum absolute atomic E-state index is 13.8. The summed E-state index contributed by atoms with van der Waals surface area (Å²) in [5.74, 6) is -0.633. The maximum atomic E-state index is 13.8. The minimum Gasteiger partial charge on any atom is -0.481 e. The molecule has 0 unspecified atom stereocenters. The number of carbonyl (C=O) groups is 1. The topological polar surface area (TPSA) is 60.5 Å². The molecule has 0 spiro atoms. The Morgan fingerprint density at radius 3 is 2.68 bits per heavy atom. The maximum Gasteiger partial charge on any atom is 0.262 e. The Bertz CT molecular complexity index is 1020. The first-order valence-corrected chi connectivity index (χ1v) is 9.43.